The van der Waals surface area contributed by atoms with Gasteiger partial charge in [-0.3, -0.25) is 9.48 Å². The number of hydrogen-bond acceptors (Lipinski definition) is 3. The van der Waals surface area contributed by atoms with Crippen molar-refractivity contribution in [2.45, 2.75) is 39.7 Å². The summed E-state index contributed by atoms with van der Waals surface area (Å²) in [7, 11) is 4.06. The first kappa shape index (κ1) is 19.2. The minimum Gasteiger partial charge on any atom is -0.356 e. The van der Waals surface area contributed by atoms with E-state index in [-0.39, 0.29) is 5.91 Å². The Morgan fingerprint density at radius 1 is 1.24 bits per heavy atom. The van der Waals surface area contributed by atoms with Gasteiger partial charge in [-0.1, -0.05) is 30.3 Å². The van der Waals surface area contributed by atoms with Crippen LogP contribution in [0.4, 0.5) is 0 Å². The molecule has 25 heavy (non-hydrogen) atoms. The van der Waals surface area contributed by atoms with Crippen LogP contribution in [-0.4, -0.2) is 40.7 Å². The van der Waals surface area contributed by atoms with Crippen LogP contribution in [-0.2, 0) is 24.8 Å². The Kier molecular flexibility index (Phi) is 7.19. The number of amides is 1. The molecule has 1 N–H and O–H groups in total. The van der Waals surface area contributed by atoms with Crippen LogP contribution in [0, 0.1) is 13.8 Å². The first-order valence-electron chi connectivity index (χ1n) is 8.95. The maximum absolute atomic E-state index is 12.0. The van der Waals surface area contributed by atoms with Crippen LogP contribution in [0.15, 0.2) is 30.3 Å². The molecule has 1 aromatic heterocycles. The van der Waals surface area contributed by atoms with E-state index in [1.165, 1.54) is 11.1 Å². The summed E-state index contributed by atoms with van der Waals surface area (Å²) in [5.74, 6) is 0.119. The van der Waals surface area contributed by atoms with Crippen molar-refractivity contribution in [3.05, 3.63) is 52.8 Å². The molecule has 0 bridgehead atoms. The third kappa shape index (κ3) is 6.02. The summed E-state index contributed by atoms with van der Waals surface area (Å²) in [5, 5.41) is 7.42. The standard InChI is InChI=1S/C20H30N4O/c1-16-19(17(2)24(4)22-16)11-12-20(25)21-13-8-14-23(3)15-18-9-6-5-7-10-18/h5-7,9-10H,8,11-15H2,1-4H3,(H,21,25). The molecule has 136 valence electrons. The molecule has 0 aliphatic rings. The first-order valence-corrected chi connectivity index (χ1v) is 8.95. The zero-order valence-electron chi connectivity index (χ0n) is 15.9. The largest absolute Gasteiger partial charge is 0.356 e. The number of aromatic nitrogens is 2. The lowest BCUT2D eigenvalue weighted by atomic mass is 10.1. The van der Waals surface area contributed by atoms with Crippen molar-refractivity contribution >= 4 is 5.91 Å². The van der Waals surface area contributed by atoms with Crippen LogP contribution >= 0.6 is 0 Å². The molecule has 0 unspecified atom stereocenters. The predicted molar refractivity (Wildman–Crippen MR) is 101 cm³/mol. The molecule has 0 saturated carbocycles. The second-order valence-electron chi connectivity index (χ2n) is 6.70. The van der Waals surface area contributed by atoms with Crippen LogP contribution in [0.2, 0.25) is 0 Å². The van der Waals surface area contributed by atoms with Gasteiger partial charge in [0.25, 0.3) is 0 Å². The van der Waals surface area contributed by atoms with E-state index >= 15 is 0 Å². The summed E-state index contributed by atoms with van der Waals surface area (Å²) in [5.41, 5.74) is 4.68. The highest BCUT2D eigenvalue weighted by Crippen LogP contribution is 2.13. The van der Waals surface area contributed by atoms with E-state index in [0.29, 0.717) is 6.42 Å². The molecule has 0 radical (unpaired) electrons. The number of benzene rings is 1. The molecule has 5 nitrogen and oxygen atoms in total. The molecule has 1 aromatic carbocycles. The van der Waals surface area contributed by atoms with Crippen molar-refractivity contribution in [2.24, 2.45) is 7.05 Å². The highest BCUT2D eigenvalue weighted by atomic mass is 16.1. The van der Waals surface area contributed by atoms with Gasteiger partial charge in [0.1, 0.15) is 0 Å². The number of carbonyl (C=O) groups excluding carboxylic acids is 1. The van der Waals surface area contributed by atoms with Gasteiger partial charge in [0.15, 0.2) is 0 Å². The van der Waals surface area contributed by atoms with Crippen LogP contribution in [0.25, 0.3) is 0 Å². The number of aryl methyl sites for hydroxylation is 2. The molecule has 1 amide bonds. The Morgan fingerprint density at radius 3 is 2.60 bits per heavy atom. The third-order valence-corrected chi connectivity index (χ3v) is 4.60. The van der Waals surface area contributed by atoms with E-state index in [4.69, 9.17) is 0 Å². The lowest BCUT2D eigenvalue weighted by Crippen LogP contribution is -2.28. The fraction of sp³-hybridized carbons (Fsp3) is 0.500. The molecule has 0 spiro atoms. The molecular formula is C20H30N4O. The molecule has 0 atom stereocenters. The van der Waals surface area contributed by atoms with E-state index in [1.807, 2.05) is 24.7 Å². The monoisotopic (exact) mass is 342 g/mol. The second kappa shape index (κ2) is 9.37. The highest BCUT2D eigenvalue weighted by Gasteiger charge is 2.11. The predicted octanol–water partition coefficient (Wildman–Crippen LogP) is 2.61. The quantitative estimate of drug-likeness (QED) is 0.713. The van der Waals surface area contributed by atoms with Gasteiger partial charge in [0.2, 0.25) is 5.91 Å². The fourth-order valence-electron chi connectivity index (χ4n) is 3.06. The molecule has 2 rings (SSSR count). The van der Waals surface area contributed by atoms with Crippen molar-refractivity contribution in [2.75, 3.05) is 20.1 Å². The maximum atomic E-state index is 12.0. The van der Waals surface area contributed by atoms with E-state index in [2.05, 4.69) is 53.6 Å². The van der Waals surface area contributed by atoms with Crippen LogP contribution in [0.3, 0.4) is 0 Å². The topological polar surface area (TPSA) is 50.2 Å². The minimum atomic E-state index is 0.119. The fourth-order valence-corrected chi connectivity index (χ4v) is 3.06. The first-order chi connectivity index (χ1) is 12.0. The number of carbonyl (C=O) groups is 1. The molecule has 2 aromatic rings. The lowest BCUT2D eigenvalue weighted by molar-refractivity contribution is -0.121. The second-order valence-corrected chi connectivity index (χ2v) is 6.70. The van der Waals surface area contributed by atoms with Crippen molar-refractivity contribution in [1.82, 2.24) is 20.0 Å². The Hall–Kier alpha value is -2.14. The van der Waals surface area contributed by atoms with Gasteiger partial charge in [-0.15, -0.1) is 0 Å². The van der Waals surface area contributed by atoms with Gasteiger partial charge < -0.3 is 10.2 Å². The summed E-state index contributed by atoms with van der Waals surface area (Å²) < 4.78 is 1.88. The summed E-state index contributed by atoms with van der Waals surface area (Å²) in [6.45, 7) is 6.69. The van der Waals surface area contributed by atoms with E-state index in [1.54, 1.807) is 0 Å². The highest BCUT2D eigenvalue weighted by molar-refractivity contribution is 5.76. The van der Waals surface area contributed by atoms with Crippen LogP contribution in [0.1, 0.15) is 35.4 Å². The molecule has 0 aliphatic carbocycles. The summed E-state index contributed by atoms with van der Waals surface area (Å²) in [6, 6.07) is 10.4. The molecule has 0 aliphatic heterocycles. The number of nitrogens with zero attached hydrogens (tertiary/aromatic N) is 3. The Bertz CT molecular complexity index is 679. The molecule has 0 saturated heterocycles. The van der Waals surface area contributed by atoms with E-state index < -0.39 is 0 Å². The summed E-state index contributed by atoms with van der Waals surface area (Å²) in [6.07, 6.45) is 2.23. The summed E-state index contributed by atoms with van der Waals surface area (Å²) >= 11 is 0. The van der Waals surface area contributed by atoms with Gasteiger partial charge in [-0.05, 0) is 51.4 Å². The zero-order chi connectivity index (χ0) is 18.2. The normalized spacial score (nSPS) is 11.1. The molecular weight excluding hydrogens is 312 g/mol. The number of rotatable bonds is 9. The SMILES string of the molecule is Cc1nn(C)c(C)c1CCC(=O)NCCCN(C)Cc1ccccc1. The van der Waals surface area contributed by atoms with Gasteiger partial charge in [0.05, 0.1) is 5.69 Å². The maximum Gasteiger partial charge on any atom is 0.220 e. The average molecular weight is 342 g/mol. The Balaban J connectivity index is 1.62. The Labute approximate surface area is 151 Å². The third-order valence-electron chi connectivity index (χ3n) is 4.60. The van der Waals surface area contributed by atoms with Gasteiger partial charge >= 0.3 is 0 Å². The van der Waals surface area contributed by atoms with Gasteiger partial charge in [-0.25, -0.2) is 0 Å². The van der Waals surface area contributed by atoms with Crippen molar-refractivity contribution in [1.29, 1.82) is 0 Å². The van der Waals surface area contributed by atoms with Crippen molar-refractivity contribution in [3.63, 3.8) is 0 Å². The van der Waals surface area contributed by atoms with Crippen molar-refractivity contribution in [3.8, 4) is 0 Å². The van der Waals surface area contributed by atoms with E-state index in [9.17, 15) is 4.79 Å². The van der Waals surface area contributed by atoms with Crippen LogP contribution < -0.4 is 5.32 Å². The molecule has 5 heteroatoms. The number of nitrogens with one attached hydrogen (secondary N) is 1. The van der Waals surface area contributed by atoms with Gasteiger partial charge in [-0.2, -0.15) is 5.10 Å². The lowest BCUT2D eigenvalue weighted by Gasteiger charge is -2.16. The van der Waals surface area contributed by atoms with Crippen LogP contribution in [0.5, 0.6) is 0 Å². The summed E-state index contributed by atoms with van der Waals surface area (Å²) in [4.78, 5) is 14.3. The molecule has 0 fully saturated rings. The average Bonchev–Trinajstić information content (AvgIpc) is 2.83. The smallest absolute Gasteiger partial charge is 0.220 e. The van der Waals surface area contributed by atoms with Gasteiger partial charge in [0, 0.05) is 32.3 Å². The number of hydrogen-bond donors (Lipinski definition) is 1. The molecule has 1 heterocycles. The Morgan fingerprint density at radius 2 is 1.96 bits per heavy atom. The zero-order valence-corrected chi connectivity index (χ0v) is 15.9. The minimum absolute atomic E-state index is 0.119. The van der Waals surface area contributed by atoms with Crippen molar-refractivity contribution < 1.29 is 4.79 Å². The van der Waals surface area contributed by atoms with E-state index in [0.717, 1.165) is 43.9 Å².